The second kappa shape index (κ2) is 6.66. The van der Waals surface area contributed by atoms with Crippen LogP contribution in [-0.4, -0.2) is 17.5 Å². The summed E-state index contributed by atoms with van der Waals surface area (Å²) in [6, 6.07) is 0. The number of hydrogen-bond donors (Lipinski definition) is 1. The Morgan fingerprint density at radius 2 is 1.84 bits per heavy atom. The molecule has 0 saturated heterocycles. The minimum Gasteiger partial charge on any atom is -0.396 e. The number of fused-ring (bicyclic) bond motifs is 5. The molecule has 0 aromatic rings. The lowest BCUT2D eigenvalue weighted by Gasteiger charge is -2.60. The van der Waals surface area contributed by atoms with Crippen molar-refractivity contribution in [3.63, 3.8) is 0 Å². The minimum absolute atomic E-state index is 0.0336. The van der Waals surface area contributed by atoms with E-state index < -0.39 is 0 Å². The highest BCUT2D eigenvalue weighted by molar-refractivity contribution is 5.87. The van der Waals surface area contributed by atoms with Crippen molar-refractivity contribution in [2.45, 2.75) is 90.9 Å². The van der Waals surface area contributed by atoms with Crippen LogP contribution in [0.15, 0.2) is 0 Å². The average molecular weight is 347 g/mol. The molecule has 4 aliphatic rings. The van der Waals surface area contributed by atoms with Gasteiger partial charge in [0.05, 0.1) is 0 Å². The zero-order valence-corrected chi connectivity index (χ0v) is 16.4. The topological polar surface area (TPSA) is 37.3 Å². The monoisotopic (exact) mass is 346 g/mol. The fourth-order valence-electron chi connectivity index (χ4n) is 7.92. The van der Waals surface area contributed by atoms with Crippen molar-refractivity contribution in [1.82, 2.24) is 0 Å². The third kappa shape index (κ3) is 2.82. The lowest BCUT2D eigenvalue weighted by molar-refractivity contribution is -0.140. The Balaban J connectivity index is 1.46. The number of aliphatic hydroxyl groups is 1. The van der Waals surface area contributed by atoms with E-state index in [2.05, 4.69) is 13.8 Å². The normalized spacial score (nSPS) is 49.4. The van der Waals surface area contributed by atoms with Gasteiger partial charge in [0.25, 0.3) is 0 Å². The molecule has 2 heteroatoms. The van der Waals surface area contributed by atoms with Crippen molar-refractivity contribution in [3.05, 3.63) is 0 Å². The van der Waals surface area contributed by atoms with Crippen LogP contribution in [0.25, 0.3) is 0 Å². The van der Waals surface area contributed by atoms with Gasteiger partial charge in [0.15, 0.2) is 0 Å². The first-order chi connectivity index (χ1) is 12.0. The quantitative estimate of drug-likeness (QED) is 0.694. The molecule has 4 aliphatic carbocycles. The van der Waals surface area contributed by atoms with Crippen molar-refractivity contribution < 1.29 is 9.90 Å². The zero-order valence-electron chi connectivity index (χ0n) is 16.4. The summed E-state index contributed by atoms with van der Waals surface area (Å²) in [4.78, 5) is 12.5. The lowest BCUT2D eigenvalue weighted by atomic mass is 9.44. The first kappa shape index (κ1) is 18.0. The largest absolute Gasteiger partial charge is 0.396 e. The van der Waals surface area contributed by atoms with Gasteiger partial charge in [-0.2, -0.15) is 0 Å². The van der Waals surface area contributed by atoms with E-state index in [9.17, 15) is 4.79 Å². The molecule has 4 rings (SSSR count). The standard InChI is InChI=1S/C23H38O2/c1-22-12-10-16(5-3-4-14-24)15-17(22)6-7-18-19-8-9-21(25)23(19,2)13-11-20(18)22/h16-20,24H,3-15H2,1-2H3/t16-,17?,18?,19?,20-,22-,23-/m0/s1. The van der Waals surface area contributed by atoms with Crippen LogP contribution in [0.2, 0.25) is 0 Å². The Morgan fingerprint density at radius 1 is 1.00 bits per heavy atom. The second-order valence-corrected chi connectivity index (χ2v) is 10.4. The first-order valence-corrected chi connectivity index (χ1v) is 11.1. The Bertz CT molecular complexity index is 514. The number of carbonyl (C=O) groups excluding carboxylic acids is 1. The van der Waals surface area contributed by atoms with E-state index in [4.69, 9.17) is 5.11 Å². The summed E-state index contributed by atoms with van der Waals surface area (Å²) in [7, 11) is 0. The van der Waals surface area contributed by atoms with Crippen molar-refractivity contribution in [3.8, 4) is 0 Å². The summed E-state index contributed by atoms with van der Waals surface area (Å²) >= 11 is 0. The molecule has 7 atom stereocenters. The highest BCUT2D eigenvalue weighted by Crippen LogP contribution is 2.66. The van der Waals surface area contributed by atoms with E-state index in [1.54, 1.807) is 0 Å². The maximum absolute atomic E-state index is 12.5. The molecule has 0 amide bonds. The number of Topliss-reactive ketones (excluding diaryl/α,β-unsaturated/α-hetero) is 1. The van der Waals surface area contributed by atoms with Crippen LogP contribution in [0.4, 0.5) is 0 Å². The Kier molecular flexibility index (Phi) is 4.80. The van der Waals surface area contributed by atoms with Gasteiger partial charge in [0.1, 0.15) is 5.78 Å². The van der Waals surface area contributed by atoms with Crippen molar-refractivity contribution in [2.24, 2.45) is 40.4 Å². The van der Waals surface area contributed by atoms with Crippen LogP contribution in [0.1, 0.15) is 90.9 Å². The van der Waals surface area contributed by atoms with Crippen LogP contribution in [-0.2, 0) is 4.79 Å². The van der Waals surface area contributed by atoms with Crippen molar-refractivity contribution in [1.29, 1.82) is 0 Å². The molecule has 0 heterocycles. The van der Waals surface area contributed by atoms with E-state index >= 15 is 0 Å². The third-order valence-electron chi connectivity index (χ3n) is 9.50. The first-order valence-electron chi connectivity index (χ1n) is 11.1. The molecule has 2 nitrogen and oxygen atoms in total. The van der Waals surface area contributed by atoms with E-state index in [1.165, 1.54) is 64.2 Å². The van der Waals surface area contributed by atoms with Gasteiger partial charge in [-0.15, -0.1) is 0 Å². The van der Waals surface area contributed by atoms with Gasteiger partial charge in [-0.3, -0.25) is 4.79 Å². The van der Waals surface area contributed by atoms with Gasteiger partial charge in [-0.05, 0) is 92.8 Å². The summed E-state index contributed by atoms with van der Waals surface area (Å²) in [5, 5.41) is 9.04. The molecule has 4 saturated carbocycles. The molecule has 4 fully saturated rings. The molecule has 0 aromatic carbocycles. The van der Waals surface area contributed by atoms with Gasteiger partial charge in [-0.25, -0.2) is 0 Å². The summed E-state index contributed by atoms with van der Waals surface area (Å²) in [5.41, 5.74) is 0.579. The number of hydrogen-bond acceptors (Lipinski definition) is 2. The van der Waals surface area contributed by atoms with Crippen molar-refractivity contribution >= 4 is 5.78 Å². The summed E-state index contributed by atoms with van der Waals surface area (Å²) < 4.78 is 0. The van der Waals surface area contributed by atoms with Gasteiger partial charge < -0.3 is 5.11 Å². The van der Waals surface area contributed by atoms with Crippen LogP contribution >= 0.6 is 0 Å². The molecule has 0 bridgehead atoms. The van der Waals surface area contributed by atoms with Gasteiger partial charge >= 0.3 is 0 Å². The molecule has 25 heavy (non-hydrogen) atoms. The summed E-state index contributed by atoms with van der Waals surface area (Å²) in [6.07, 6.45) is 15.1. The summed E-state index contributed by atoms with van der Waals surface area (Å²) in [6.45, 7) is 5.28. The fraction of sp³-hybridized carbons (Fsp3) is 0.957. The minimum atomic E-state index is 0.0336. The van der Waals surface area contributed by atoms with E-state index in [0.29, 0.717) is 23.7 Å². The van der Waals surface area contributed by atoms with Gasteiger partial charge in [0.2, 0.25) is 0 Å². The predicted octanol–water partition coefficient (Wildman–Crippen LogP) is 5.38. The van der Waals surface area contributed by atoms with Crippen LogP contribution in [0, 0.1) is 40.4 Å². The SMILES string of the molecule is C[C@]12CC[C@H](CCCCO)CC1CCC1C3CCC(=O)[C@@]3(C)CC[C@@H]12. The number of unbranched alkanes of at least 4 members (excludes halogenated alkanes) is 1. The molecular formula is C23H38O2. The molecule has 142 valence electrons. The second-order valence-electron chi connectivity index (χ2n) is 10.4. The maximum Gasteiger partial charge on any atom is 0.139 e. The summed E-state index contributed by atoms with van der Waals surface area (Å²) in [5.74, 6) is 4.81. The van der Waals surface area contributed by atoms with E-state index in [1.807, 2.05) is 0 Å². The zero-order chi connectivity index (χ0) is 17.7. The van der Waals surface area contributed by atoms with Crippen molar-refractivity contribution in [2.75, 3.05) is 6.61 Å². The predicted molar refractivity (Wildman–Crippen MR) is 101 cm³/mol. The third-order valence-corrected chi connectivity index (χ3v) is 9.50. The number of ketones is 1. The maximum atomic E-state index is 12.5. The molecule has 3 unspecified atom stereocenters. The Morgan fingerprint density at radius 3 is 2.64 bits per heavy atom. The molecular weight excluding hydrogens is 308 g/mol. The van der Waals surface area contributed by atoms with E-state index in [-0.39, 0.29) is 5.41 Å². The van der Waals surface area contributed by atoms with Gasteiger partial charge in [0, 0.05) is 18.4 Å². The molecule has 1 N–H and O–H groups in total. The highest BCUT2D eigenvalue weighted by atomic mass is 16.2. The number of aliphatic hydroxyl groups excluding tert-OH is 1. The molecule has 0 radical (unpaired) electrons. The number of rotatable bonds is 4. The van der Waals surface area contributed by atoms with E-state index in [0.717, 1.165) is 36.5 Å². The number of carbonyl (C=O) groups is 1. The Hall–Kier alpha value is -0.370. The highest BCUT2D eigenvalue weighted by Gasteiger charge is 2.60. The molecule has 0 aromatic heterocycles. The van der Waals surface area contributed by atoms with Gasteiger partial charge in [-0.1, -0.05) is 26.7 Å². The molecule has 0 spiro atoms. The smallest absolute Gasteiger partial charge is 0.139 e. The lowest BCUT2D eigenvalue weighted by Crippen LogP contribution is -2.53. The van der Waals surface area contributed by atoms with Crippen LogP contribution in [0.5, 0.6) is 0 Å². The fourth-order valence-corrected chi connectivity index (χ4v) is 7.92. The van der Waals surface area contributed by atoms with Crippen LogP contribution in [0.3, 0.4) is 0 Å². The average Bonchev–Trinajstić information content (AvgIpc) is 2.90. The molecule has 0 aliphatic heterocycles. The van der Waals surface area contributed by atoms with Crippen LogP contribution < -0.4 is 0 Å². The Labute approximate surface area is 154 Å².